The van der Waals surface area contributed by atoms with Crippen molar-refractivity contribution in [2.75, 3.05) is 6.61 Å². The van der Waals surface area contributed by atoms with Gasteiger partial charge in [0.2, 0.25) is 5.91 Å². The number of hydrogen-bond acceptors (Lipinski definition) is 3. The highest BCUT2D eigenvalue weighted by Gasteiger charge is 2.32. The summed E-state index contributed by atoms with van der Waals surface area (Å²) in [4.78, 5) is 29.0. The predicted molar refractivity (Wildman–Crippen MR) is 148 cm³/mol. The van der Waals surface area contributed by atoms with Gasteiger partial charge in [-0.15, -0.1) is 0 Å². The van der Waals surface area contributed by atoms with E-state index in [0.717, 1.165) is 42.4 Å². The molecule has 0 unspecified atom stereocenters. The average Bonchev–Trinajstić information content (AvgIpc) is 3.40. The summed E-state index contributed by atoms with van der Waals surface area (Å²) in [5.41, 5.74) is 2.79. The molecule has 5 nitrogen and oxygen atoms in total. The van der Waals surface area contributed by atoms with Gasteiger partial charge >= 0.3 is 0 Å². The van der Waals surface area contributed by atoms with Gasteiger partial charge in [0.15, 0.2) is 6.61 Å². The Balaban J connectivity index is 1.62. The Hall–Kier alpha value is -3.02. The van der Waals surface area contributed by atoms with E-state index in [2.05, 4.69) is 5.32 Å². The van der Waals surface area contributed by atoms with E-state index in [1.54, 1.807) is 17.0 Å². The van der Waals surface area contributed by atoms with Crippen LogP contribution in [0.1, 0.15) is 42.4 Å². The van der Waals surface area contributed by atoms with Crippen LogP contribution in [0.4, 0.5) is 0 Å². The molecule has 1 N–H and O–H groups in total. The monoisotopic (exact) mass is 538 g/mol. The third-order valence-electron chi connectivity index (χ3n) is 6.66. The van der Waals surface area contributed by atoms with Gasteiger partial charge in [0.05, 0.1) is 10.0 Å². The van der Waals surface area contributed by atoms with E-state index in [1.807, 2.05) is 67.6 Å². The topological polar surface area (TPSA) is 58.6 Å². The standard InChI is InChI=1S/C30H32Cl2N2O3/c1-21-8-7-13-25(16-21)37-20-29(35)34(19-23-14-15-26(31)27(32)17-23)28(18-22-9-3-2-4-10-22)30(36)33-24-11-5-6-12-24/h2-4,7-10,13-17,24,28H,5-6,11-12,18-20H2,1H3,(H,33,36)/t28-/m0/s1. The fraction of sp³-hybridized carbons (Fsp3) is 0.333. The van der Waals surface area contributed by atoms with Crippen molar-refractivity contribution >= 4 is 35.0 Å². The highest BCUT2D eigenvalue weighted by atomic mass is 35.5. The lowest BCUT2D eigenvalue weighted by Crippen LogP contribution is -2.53. The van der Waals surface area contributed by atoms with Crippen LogP contribution in [0, 0.1) is 6.92 Å². The minimum atomic E-state index is -0.717. The van der Waals surface area contributed by atoms with Gasteiger partial charge in [-0.25, -0.2) is 0 Å². The highest BCUT2D eigenvalue weighted by molar-refractivity contribution is 6.42. The zero-order chi connectivity index (χ0) is 26.2. The maximum atomic E-state index is 13.7. The molecule has 0 radical (unpaired) electrons. The molecule has 0 bridgehead atoms. The Kier molecular flexibility index (Phi) is 9.48. The number of nitrogens with one attached hydrogen (secondary N) is 1. The number of aryl methyl sites for hydroxylation is 1. The highest BCUT2D eigenvalue weighted by Crippen LogP contribution is 2.25. The molecule has 3 aromatic rings. The van der Waals surface area contributed by atoms with Crippen LogP contribution in [-0.4, -0.2) is 35.4 Å². The summed E-state index contributed by atoms with van der Waals surface area (Å²) in [7, 11) is 0. The summed E-state index contributed by atoms with van der Waals surface area (Å²) >= 11 is 12.4. The van der Waals surface area contributed by atoms with Crippen molar-refractivity contribution in [1.29, 1.82) is 0 Å². The molecule has 1 aliphatic carbocycles. The molecule has 1 saturated carbocycles. The summed E-state index contributed by atoms with van der Waals surface area (Å²) in [6.07, 6.45) is 4.51. The molecule has 37 heavy (non-hydrogen) atoms. The van der Waals surface area contributed by atoms with Gasteiger partial charge in [-0.3, -0.25) is 9.59 Å². The number of carbonyl (C=O) groups excluding carboxylic acids is 2. The van der Waals surface area contributed by atoms with Crippen LogP contribution < -0.4 is 10.1 Å². The molecule has 1 aliphatic rings. The Morgan fingerprint density at radius 1 is 0.946 bits per heavy atom. The summed E-state index contributed by atoms with van der Waals surface area (Å²) in [5, 5.41) is 4.04. The number of halogens is 2. The predicted octanol–water partition coefficient (Wildman–Crippen LogP) is 6.38. The zero-order valence-electron chi connectivity index (χ0n) is 21.0. The number of hydrogen-bond donors (Lipinski definition) is 1. The smallest absolute Gasteiger partial charge is 0.261 e. The molecule has 3 aromatic carbocycles. The van der Waals surface area contributed by atoms with E-state index in [-0.39, 0.29) is 31.0 Å². The zero-order valence-corrected chi connectivity index (χ0v) is 22.5. The Labute approximate surface area is 228 Å². The average molecular weight is 540 g/mol. The first-order chi connectivity index (χ1) is 17.9. The number of amides is 2. The van der Waals surface area contributed by atoms with Crippen molar-refractivity contribution in [1.82, 2.24) is 10.2 Å². The van der Waals surface area contributed by atoms with Gasteiger partial charge in [-0.1, -0.05) is 84.6 Å². The number of nitrogens with zero attached hydrogens (tertiary/aromatic N) is 1. The van der Waals surface area contributed by atoms with Gasteiger partial charge in [0, 0.05) is 19.0 Å². The summed E-state index contributed by atoms with van der Waals surface area (Å²) < 4.78 is 5.85. The van der Waals surface area contributed by atoms with Crippen molar-refractivity contribution in [2.24, 2.45) is 0 Å². The van der Waals surface area contributed by atoms with Crippen LogP contribution >= 0.6 is 23.2 Å². The number of carbonyl (C=O) groups is 2. The number of benzene rings is 3. The minimum Gasteiger partial charge on any atom is -0.484 e. The van der Waals surface area contributed by atoms with E-state index in [4.69, 9.17) is 27.9 Å². The first-order valence-corrected chi connectivity index (χ1v) is 13.4. The molecule has 0 spiro atoms. The SMILES string of the molecule is Cc1cccc(OCC(=O)N(Cc2ccc(Cl)c(Cl)c2)[C@@H](Cc2ccccc2)C(=O)NC2CCCC2)c1. The lowest BCUT2D eigenvalue weighted by atomic mass is 10.0. The van der Waals surface area contributed by atoms with E-state index in [9.17, 15) is 9.59 Å². The summed E-state index contributed by atoms with van der Waals surface area (Å²) in [6, 6.07) is 22.0. The van der Waals surface area contributed by atoms with Crippen molar-refractivity contribution in [2.45, 2.75) is 57.7 Å². The normalized spacial score (nSPS) is 14.2. The van der Waals surface area contributed by atoms with E-state index in [1.165, 1.54) is 0 Å². The van der Waals surface area contributed by atoms with Crippen LogP contribution in [0.15, 0.2) is 72.8 Å². The lowest BCUT2D eigenvalue weighted by Gasteiger charge is -2.32. The maximum absolute atomic E-state index is 13.7. The third kappa shape index (κ3) is 7.73. The van der Waals surface area contributed by atoms with Crippen molar-refractivity contribution in [3.63, 3.8) is 0 Å². The van der Waals surface area contributed by atoms with Crippen LogP contribution in [-0.2, 0) is 22.6 Å². The van der Waals surface area contributed by atoms with E-state index >= 15 is 0 Å². The molecule has 0 heterocycles. The van der Waals surface area contributed by atoms with Crippen molar-refractivity contribution in [3.8, 4) is 5.75 Å². The molecular weight excluding hydrogens is 507 g/mol. The molecular formula is C30H32Cl2N2O3. The van der Waals surface area contributed by atoms with Crippen LogP contribution in [0.5, 0.6) is 5.75 Å². The third-order valence-corrected chi connectivity index (χ3v) is 7.40. The van der Waals surface area contributed by atoms with Gasteiger partial charge in [-0.2, -0.15) is 0 Å². The molecule has 4 rings (SSSR count). The van der Waals surface area contributed by atoms with Crippen LogP contribution in [0.3, 0.4) is 0 Å². The van der Waals surface area contributed by atoms with Crippen LogP contribution in [0.2, 0.25) is 10.0 Å². The van der Waals surface area contributed by atoms with Gasteiger partial charge in [0.25, 0.3) is 5.91 Å². The molecule has 0 aromatic heterocycles. The quantitative estimate of drug-likeness (QED) is 0.325. The van der Waals surface area contributed by atoms with Crippen molar-refractivity contribution in [3.05, 3.63) is 99.5 Å². The Bertz CT molecular complexity index is 1210. The van der Waals surface area contributed by atoms with E-state index in [0.29, 0.717) is 22.2 Å². The first kappa shape index (κ1) is 27.0. The maximum Gasteiger partial charge on any atom is 0.261 e. The lowest BCUT2D eigenvalue weighted by molar-refractivity contribution is -0.143. The van der Waals surface area contributed by atoms with Crippen LogP contribution in [0.25, 0.3) is 0 Å². The minimum absolute atomic E-state index is 0.135. The fourth-order valence-corrected chi connectivity index (χ4v) is 5.01. The molecule has 194 valence electrons. The second kappa shape index (κ2) is 13.0. The second-order valence-corrected chi connectivity index (χ2v) is 10.4. The molecule has 7 heteroatoms. The number of ether oxygens (including phenoxy) is 1. The van der Waals surface area contributed by atoms with Gasteiger partial charge in [-0.05, 0) is 60.7 Å². The Morgan fingerprint density at radius 2 is 1.70 bits per heavy atom. The Morgan fingerprint density at radius 3 is 2.41 bits per heavy atom. The molecule has 0 aliphatic heterocycles. The van der Waals surface area contributed by atoms with E-state index < -0.39 is 6.04 Å². The second-order valence-electron chi connectivity index (χ2n) is 9.57. The fourth-order valence-electron chi connectivity index (χ4n) is 4.69. The molecule has 2 amide bonds. The summed E-state index contributed by atoms with van der Waals surface area (Å²) in [6.45, 7) is 1.98. The molecule has 1 atom stereocenters. The molecule has 1 fully saturated rings. The number of rotatable bonds is 10. The van der Waals surface area contributed by atoms with Gasteiger partial charge in [0.1, 0.15) is 11.8 Å². The molecule has 0 saturated heterocycles. The first-order valence-electron chi connectivity index (χ1n) is 12.7. The largest absolute Gasteiger partial charge is 0.484 e. The van der Waals surface area contributed by atoms with Crippen molar-refractivity contribution < 1.29 is 14.3 Å². The summed E-state index contributed by atoms with van der Waals surface area (Å²) in [5.74, 6) is 0.174. The van der Waals surface area contributed by atoms with Gasteiger partial charge < -0.3 is 15.0 Å².